The maximum Gasteiger partial charge on any atom is 0.0431 e. The fraction of sp³-hybridized carbons (Fsp3) is 1.00. The van der Waals surface area contributed by atoms with Crippen molar-refractivity contribution in [2.24, 2.45) is 0 Å². The summed E-state index contributed by atoms with van der Waals surface area (Å²) in [6.07, 6.45) is 7.50. The molecule has 0 aliphatic heterocycles. The van der Waals surface area contributed by atoms with E-state index in [1.807, 2.05) is 0 Å². The van der Waals surface area contributed by atoms with Crippen LogP contribution < -0.4 is 0 Å². The zero-order valence-corrected chi connectivity index (χ0v) is 10.0. The number of unbranched alkanes of at least 4 members (excludes halogenated alkanes) is 5. The minimum Gasteiger partial charge on any atom is -0.396 e. The van der Waals surface area contributed by atoms with E-state index in [-0.39, 0.29) is 41.7 Å². The molecule has 0 radical (unpaired) electrons. The molecule has 0 spiro atoms. The van der Waals surface area contributed by atoms with Gasteiger partial charge in [-0.15, -0.1) is 0 Å². The van der Waals surface area contributed by atoms with Gasteiger partial charge >= 0.3 is 0 Å². The maximum atomic E-state index is 8.42. The maximum absolute atomic E-state index is 8.42. The summed E-state index contributed by atoms with van der Waals surface area (Å²) in [5, 5.41) is 8.42. The smallest absolute Gasteiger partial charge is 0.0431 e. The molecule has 0 fully saturated rings. The third-order valence-corrected chi connectivity index (χ3v) is 1.51. The summed E-state index contributed by atoms with van der Waals surface area (Å²) in [5.74, 6) is 0. The number of hydrogen-bond donors (Lipinski definition) is 1. The second-order valence-electron chi connectivity index (χ2n) is 2.49. The van der Waals surface area contributed by atoms with Crippen molar-refractivity contribution in [3.8, 4) is 0 Å². The van der Waals surface area contributed by atoms with Gasteiger partial charge in [0.2, 0.25) is 0 Å². The van der Waals surface area contributed by atoms with Crippen LogP contribution in [0.2, 0.25) is 0 Å². The molecule has 2 heteroatoms. The summed E-state index contributed by atoms with van der Waals surface area (Å²) >= 11 is 0. The van der Waals surface area contributed by atoms with Gasteiger partial charge in [-0.25, -0.2) is 0 Å². The second kappa shape index (κ2) is 13.0. The molecule has 0 bridgehead atoms. The van der Waals surface area contributed by atoms with E-state index >= 15 is 0 Å². The molecule has 1 N–H and O–H groups in total. The van der Waals surface area contributed by atoms with Crippen LogP contribution in [0.25, 0.3) is 0 Å². The molecule has 0 aromatic heterocycles. The molecule has 0 heterocycles. The van der Waals surface area contributed by atoms with Gasteiger partial charge in [-0.3, -0.25) is 0 Å². The van der Waals surface area contributed by atoms with E-state index in [2.05, 4.69) is 6.92 Å². The quantitative estimate of drug-likeness (QED) is 0.735. The summed E-state index contributed by atoms with van der Waals surface area (Å²) < 4.78 is 0. The predicted octanol–water partition coefficient (Wildman–Crippen LogP) is 2.34. The van der Waals surface area contributed by atoms with Crippen LogP contribution >= 0.6 is 0 Å². The van der Waals surface area contributed by atoms with E-state index in [1.165, 1.54) is 32.1 Å². The molecule has 0 aliphatic rings. The van der Waals surface area contributed by atoms with Gasteiger partial charge in [0.25, 0.3) is 0 Å². The second-order valence-corrected chi connectivity index (χ2v) is 2.49. The van der Waals surface area contributed by atoms with Gasteiger partial charge in [0.05, 0.1) is 0 Å². The van der Waals surface area contributed by atoms with Crippen LogP contribution in [-0.2, 0) is 0 Å². The monoisotopic (exact) mass is 270 g/mol. The summed E-state index contributed by atoms with van der Waals surface area (Å²) in [6.45, 7) is 2.58. The molecule has 10 heavy (non-hydrogen) atoms. The van der Waals surface area contributed by atoms with E-state index in [9.17, 15) is 0 Å². The number of rotatable bonds is 6. The van der Waals surface area contributed by atoms with Crippen molar-refractivity contribution in [3.63, 3.8) is 0 Å². The zero-order valence-electron chi connectivity index (χ0n) is 6.90. The molecule has 0 amide bonds. The Bertz CT molecular complexity index is 42.5. The van der Waals surface area contributed by atoms with Gasteiger partial charge in [-0.2, -0.15) is 0 Å². The fourth-order valence-electron chi connectivity index (χ4n) is 0.892. The molecular weight excluding hydrogens is 252 g/mol. The standard InChI is InChI=1S/C8H18O.Ce/c1-2-3-4-5-6-7-8-9;/h9H,2-8H2,1H3;. The summed E-state index contributed by atoms with van der Waals surface area (Å²) in [7, 11) is 0. The predicted molar refractivity (Wildman–Crippen MR) is 40.5 cm³/mol. The zero-order chi connectivity index (χ0) is 6.95. The third kappa shape index (κ3) is 12.1. The SMILES string of the molecule is CCCCCCCCO.[Ce]. The Labute approximate surface area is 98.0 Å². The summed E-state index contributed by atoms with van der Waals surface area (Å²) in [4.78, 5) is 0. The Balaban J connectivity index is 0. The van der Waals surface area contributed by atoms with Gasteiger partial charge in [0.15, 0.2) is 0 Å². The first kappa shape index (κ1) is 13.9. The molecule has 0 saturated heterocycles. The van der Waals surface area contributed by atoms with Gasteiger partial charge in [-0.05, 0) is 6.42 Å². The first-order chi connectivity index (χ1) is 4.41. The van der Waals surface area contributed by atoms with Crippen LogP contribution in [0.1, 0.15) is 45.4 Å². The molecule has 0 rings (SSSR count). The van der Waals surface area contributed by atoms with Crippen molar-refractivity contribution in [3.05, 3.63) is 0 Å². The third-order valence-electron chi connectivity index (χ3n) is 1.51. The van der Waals surface area contributed by atoms with E-state index in [0.717, 1.165) is 6.42 Å². The van der Waals surface area contributed by atoms with Gasteiger partial charge in [0, 0.05) is 48.4 Å². The van der Waals surface area contributed by atoms with Crippen molar-refractivity contribution in [1.82, 2.24) is 0 Å². The normalized spacial score (nSPS) is 9.00. The van der Waals surface area contributed by atoms with Crippen molar-refractivity contribution in [2.75, 3.05) is 6.61 Å². The molecule has 0 saturated carbocycles. The van der Waals surface area contributed by atoms with Gasteiger partial charge in [0.1, 0.15) is 0 Å². The Morgan fingerprint density at radius 1 is 0.900 bits per heavy atom. The van der Waals surface area contributed by atoms with Crippen molar-refractivity contribution in [2.45, 2.75) is 45.4 Å². The van der Waals surface area contributed by atoms with Crippen LogP contribution in [0.5, 0.6) is 0 Å². The topological polar surface area (TPSA) is 20.2 Å². The van der Waals surface area contributed by atoms with Crippen LogP contribution in [0.4, 0.5) is 0 Å². The van der Waals surface area contributed by atoms with Gasteiger partial charge in [-0.1, -0.05) is 39.0 Å². The van der Waals surface area contributed by atoms with Crippen molar-refractivity contribution >= 4 is 0 Å². The minimum absolute atomic E-state index is 0. The Hall–Kier alpha value is 1.34. The molecule has 0 atom stereocenters. The number of hydrogen-bond acceptors (Lipinski definition) is 1. The first-order valence-electron chi connectivity index (χ1n) is 4.02. The molecule has 1 nitrogen and oxygen atoms in total. The van der Waals surface area contributed by atoms with Crippen LogP contribution in [0.15, 0.2) is 0 Å². The van der Waals surface area contributed by atoms with Crippen LogP contribution in [0, 0.1) is 41.7 Å². The summed E-state index contributed by atoms with van der Waals surface area (Å²) in [5.41, 5.74) is 0. The van der Waals surface area contributed by atoms with Crippen LogP contribution in [-0.4, -0.2) is 11.7 Å². The fourth-order valence-corrected chi connectivity index (χ4v) is 0.892. The van der Waals surface area contributed by atoms with E-state index in [0.29, 0.717) is 6.61 Å². The average Bonchev–Trinajstić information content (AvgIpc) is 1.89. The minimum atomic E-state index is 0. The van der Waals surface area contributed by atoms with Crippen LogP contribution in [0.3, 0.4) is 0 Å². The molecular formula is C8H18CeO. The van der Waals surface area contributed by atoms with Crippen molar-refractivity contribution < 1.29 is 46.9 Å². The van der Waals surface area contributed by atoms with E-state index < -0.39 is 0 Å². The number of aliphatic hydroxyl groups excluding tert-OH is 1. The van der Waals surface area contributed by atoms with Gasteiger partial charge < -0.3 is 5.11 Å². The molecule has 0 aromatic carbocycles. The molecule has 0 unspecified atom stereocenters. The van der Waals surface area contributed by atoms with Crippen molar-refractivity contribution in [1.29, 1.82) is 0 Å². The summed E-state index contributed by atoms with van der Waals surface area (Å²) in [6, 6.07) is 0. The number of aliphatic hydroxyl groups is 1. The molecule has 60 valence electrons. The Morgan fingerprint density at radius 3 is 1.90 bits per heavy atom. The Morgan fingerprint density at radius 2 is 1.40 bits per heavy atom. The molecule has 0 aromatic rings. The molecule has 0 aliphatic carbocycles. The Kier molecular flexibility index (Phi) is 18.0. The largest absolute Gasteiger partial charge is 0.396 e. The average molecular weight is 270 g/mol. The van der Waals surface area contributed by atoms with E-state index in [1.54, 1.807) is 0 Å². The van der Waals surface area contributed by atoms with E-state index in [4.69, 9.17) is 5.11 Å². The first-order valence-corrected chi connectivity index (χ1v) is 4.02.